The van der Waals surface area contributed by atoms with Crippen LogP contribution in [0, 0.1) is 0 Å². The zero-order valence-corrected chi connectivity index (χ0v) is 34.6. The first-order valence-electron chi connectivity index (χ1n) is 15.9. The van der Waals surface area contributed by atoms with E-state index in [1.807, 2.05) is 42.5 Å². The highest BCUT2D eigenvalue weighted by Crippen LogP contribution is 2.47. The van der Waals surface area contributed by atoms with Gasteiger partial charge in [0.25, 0.3) is 0 Å². The molecule has 9 nitrogen and oxygen atoms in total. The van der Waals surface area contributed by atoms with Crippen LogP contribution in [0.4, 0.5) is 32.3 Å². The Morgan fingerprint density at radius 2 is 1.11 bits per heavy atom. The summed E-state index contributed by atoms with van der Waals surface area (Å²) in [4.78, 5) is 30.9. The van der Waals surface area contributed by atoms with Crippen LogP contribution in [-0.4, -0.2) is 38.3 Å². The van der Waals surface area contributed by atoms with Crippen molar-refractivity contribution in [2.45, 2.75) is 19.6 Å². The highest BCUT2D eigenvalue weighted by atomic mass is 79.9. The molecule has 0 saturated heterocycles. The lowest BCUT2D eigenvalue weighted by Crippen LogP contribution is -2.44. The van der Waals surface area contributed by atoms with Crippen molar-refractivity contribution in [2.75, 3.05) is 31.1 Å². The molecule has 2 aliphatic rings. The molecule has 0 aliphatic carbocycles. The zero-order chi connectivity index (χ0) is 38.0. The number of halogens is 6. The number of fused-ring (bicyclic) bond motifs is 2. The number of amides is 4. The standard InChI is InChI=1S/C23H19BrCl2N2O3.C15H11BrCl2N2O2/c1-30-15-8-6-14(7-9-15)12-27-13-17-18(24)10-16(31-2)11-21(17)28(23(27)29)22-19(25)4-3-5-20(22)26;1-22-8-5-10(16)9-7-19-15(21)20(13(9)6-8)14-11(17)3-2-4-12(14)18/h3-11H,12-13H2,1-2H3;2-6H,7H2,1H3,(H,19,21). The Balaban J connectivity index is 0.000000192. The number of urea groups is 2. The maximum Gasteiger partial charge on any atom is 0.329 e. The molecule has 2 aliphatic heterocycles. The molecule has 5 aromatic carbocycles. The number of nitrogens with one attached hydrogen (secondary N) is 1. The number of anilines is 4. The smallest absolute Gasteiger partial charge is 0.329 e. The van der Waals surface area contributed by atoms with E-state index in [4.69, 9.17) is 60.6 Å². The van der Waals surface area contributed by atoms with Crippen molar-refractivity contribution in [3.05, 3.63) is 131 Å². The van der Waals surface area contributed by atoms with E-state index in [9.17, 15) is 9.59 Å². The molecule has 4 amide bonds. The maximum atomic E-state index is 13.7. The van der Waals surface area contributed by atoms with Crippen molar-refractivity contribution in [3.63, 3.8) is 0 Å². The topological polar surface area (TPSA) is 83.6 Å². The van der Waals surface area contributed by atoms with Crippen molar-refractivity contribution in [1.29, 1.82) is 0 Å². The first-order valence-corrected chi connectivity index (χ1v) is 19.0. The lowest BCUT2D eigenvalue weighted by Gasteiger charge is -2.38. The fraction of sp³-hybridized carbons (Fsp3) is 0.158. The van der Waals surface area contributed by atoms with E-state index in [0.29, 0.717) is 74.0 Å². The SMILES string of the molecule is COc1cc(Br)c2c(c1)N(c1c(Cl)cccc1Cl)C(=O)NC2.COc1ccc(CN2Cc3c(Br)cc(OC)cc3N(c3c(Cl)cccc3Cl)C2=O)cc1. The molecule has 0 aromatic heterocycles. The van der Waals surface area contributed by atoms with E-state index in [1.54, 1.807) is 73.6 Å². The van der Waals surface area contributed by atoms with Crippen molar-refractivity contribution in [2.24, 2.45) is 0 Å². The molecule has 0 atom stereocenters. The molecular formula is C38H30Br2Cl4N4O5. The number of carbonyl (C=O) groups excluding carboxylic acids is 2. The number of benzene rings is 5. The van der Waals surface area contributed by atoms with Gasteiger partial charge < -0.3 is 24.4 Å². The van der Waals surface area contributed by atoms with Gasteiger partial charge in [0.05, 0.1) is 70.7 Å². The average Bonchev–Trinajstić information content (AvgIpc) is 3.14. The molecule has 0 unspecified atom stereocenters. The number of nitrogens with zero attached hydrogens (tertiary/aromatic N) is 3. The Labute approximate surface area is 343 Å². The third-order valence-corrected chi connectivity index (χ3v) is 11.2. The molecule has 0 fully saturated rings. The van der Waals surface area contributed by atoms with Crippen LogP contribution in [-0.2, 0) is 19.6 Å². The molecule has 0 bridgehead atoms. The third kappa shape index (κ3) is 8.01. The van der Waals surface area contributed by atoms with Crippen LogP contribution in [0.2, 0.25) is 20.1 Å². The van der Waals surface area contributed by atoms with Gasteiger partial charge in [-0.1, -0.05) is 103 Å². The van der Waals surface area contributed by atoms with Gasteiger partial charge in [-0.05, 0) is 54.1 Å². The minimum Gasteiger partial charge on any atom is -0.497 e. The summed E-state index contributed by atoms with van der Waals surface area (Å²) in [6, 6.07) is 24.8. The van der Waals surface area contributed by atoms with E-state index in [1.165, 1.54) is 4.90 Å². The summed E-state index contributed by atoms with van der Waals surface area (Å²) in [6.07, 6.45) is 0. The van der Waals surface area contributed by atoms with Gasteiger partial charge in [-0.25, -0.2) is 9.59 Å². The second-order valence-corrected chi connectivity index (χ2v) is 15.0. The predicted molar refractivity (Wildman–Crippen MR) is 218 cm³/mol. The normalized spacial score (nSPS) is 13.4. The number of hydrogen-bond acceptors (Lipinski definition) is 5. The number of methoxy groups -OCH3 is 3. The van der Waals surface area contributed by atoms with Crippen LogP contribution >= 0.6 is 78.3 Å². The molecule has 0 saturated carbocycles. The largest absolute Gasteiger partial charge is 0.497 e. The molecule has 2 heterocycles. The molecule has 53 heavy (non-hydrogen) atoms. The second kappa shape index (κ2) is 16.7. The summed E-state index contributed by atoms with van der Waals surface area (Å²) in [5.74, 6) is 2.02. The van der Waals surface area contributed by atoms with Gasteiger partial charge in [-0.2, -0.15) is 0 Å². The zero-order valence-electron chi connectivity index (χ0n) is 28.4. The van der Waals surface area contributed by atoms with E-state index < -0.39 is 0 Å². The third-order valence-electron chi connectivity index (χ3n) is 8.53. The van der Waals surface area contributed by atoms with Crippen molar-refractivity contribution in [3.8, 4) is 17.2 Å². The van der Waals surface area contributed by atoms with Gasteiger partial charge in [-0.15, -0.1) is 0 Å². The number of rotatable bonds is 7. The van der Waals surface area contributed by atoms with Crippen LogP contribution in [0.5, 0.6) is 17.2 Å². The first kappa shape index (κ1) is 38.9. The van der Waals surface area contributed by atoms with Gasteiger partial charge in [0.1, 0.15) is 17.2 Å². The van der Waals surface area contributed by atoms with Crippen molar-refractivity contribution in [1.82, 2.24) is 10.2 Å². The first-order chi connectivity index (χ1) is 25.4. The van der Waals surface area contributed by atoms with Crippen LogP contribution in [0.1, 0.15) is 16.7 Å². The molecule has 15 heteroatoms. The summed E-state index contributed by atoms with van der Waals surface area (Å²) in [5.41, 5.74) is 5.09. The molecule has 0 radical (unpaired) electrons. The lowest BCUT2D eigenvalue weighted by atomic mass is 10.1. The lowest BCUT2D eigenvalue weighted by molar-refractivity contribution is 0.198. The summed E-state index contributed by atoms with van der Waals surface area (Å²) in [5, 5.41) is 4.39. The van der Waals surface area contributed by atoms with E-state index in [-0.39, 0.29) is 12.1 Å². The van der Waals surface area contributed by atoms with Gasteiger partial charge >= 0.3 is 12.1 Å². The van der Waals surface area contributed by atoms with E-state index in [0.717, 1.165) is 31.4 Å². The maximum absolute atomic E-state index is 13.7. The van der Waals surface area contributed by atoms with Crippen LogP contribution in [0.15, 0.2) is 93.9 Å². The van der Waals surface area contributed by atoms with Gasteiger partial charge in [0.2, 0.25) is 0 Å². The highest BCUT2D eigenvalue weighted by Gasteiger charge is 2.36. The van der Waals surface area contributed by atoms with Crippen molar-refractivity contribution < 1.29 is 23.8 Å². The molecule has 7 rings (SSSR count). The second-order valence-electron chi connectivity index (χ2n) is 11.7. The average molecular weight is 924 g/mol. The minimum atomic E-state index is -0.289. The molecule has 1 N–H and O–H groups in total. The van der Waals surface area contributed by atoms with Crippen LogP contribution in [0.3, 0.4) is 0 Å². The fourth-order valence-corrected chi connectivity index (χ4v) is 8.19. The number of carbonyl (C=O) groups is 2. The van der Waals surface area contributed by atoms with E-state index in [2.05, 4.69) is 37.2 Å². The molecule has 274 valence electrons. The predicted octanol–water partition coefficient (Wildman–Crippen LogP) is 12.2. The summed E-state index contributed by atoms with van der Waals surface area (Å²) in [6.45, 7) is 1.25. The summed E-state index contributed by atoms with van der Waals surface area (Å²) in [7, 11) is 4.78. The molecule has 5 aromatic rings. The Morgan fingerprint density at radius 1 is 0.642 bits per heavy atom. The number of para-hydroxylation sites is 2. The van der Waals surface area contributed by atoms with Crippen molar-refractivity contribution >= 4 is 113 Å². The Kier molecular flexibility index (Phi) is 12.2. The molecular weight excluding hydrogens is 894 g/mol. The summed E-state index contributed by atoms with van der Waals surface area (Å²) >= 11 is 32.7. The summed E-state index contributed by atoms with van der Waals surface area (Å²) < 4.78 is 17.6. The van der Waals surface area contributed by atoms with Crippen LogP contribution < -0.4 is 29.3 Å². The van der Waals surface area contributed by atoms with Crippen LogP contribution in [0.25, 0.3) is 0 Å². The Bertz CT molecular complexity index is 2170. The minimum absolute atomic E-state index is 0.224. The highest BCUT2D eigenvalue weighted by molar-refractivity contribution is 9.10. The van der Waals surface area contributed by atoms with E-state index >= 15 is 0 Å². The van der Waals surface area contributed by atoms with Gasteiger partial charge in [-0.3, -0.25) is 9.80 Å². The van der Waals surface area contributed by atoms with Gasteiger partial charge in [0.15, 0.2) is 0 Å². The monoisotopic (exact) mass is 920 g/mol. The number of hydrogen-bond donors (Lipinski definition) is 1. The fourth-order valence-electron chi connectivity index (χ4n) is 5.94. The Hall–Kier alpha value is -3.84. The quantitative estimate of drug-likeness (QED) is 0.176. The number of ether oxygens (including phenoxy) is 3. The Morgan fingerprint density at radius 3 is 1.62 bits per heavy atom. The molecule has 0 spiro atoms. The van der Waals surface area contributed by atoms with Gasteiger partial charge in [0, 0.05) is 45.3 Å².